The fourth-order valence-electron chi connectivity index (χ4n) is 3.93. The van der Waals surface area contributed by atoms with Gasteiger partial charge in [0.15, 0.2) is 0 Å². The lowest BCUT2D eigenvalue weighted by atomic mass is 9.77. The van der Waals surface area contributed by atoms with Crippen LogP contribution in [0.15, 0.2) is 18.5 Å². The van der Waals surface area contributed by atoms with Gasteiger partial charge in [-0.3, -0.25) is 4.98 Å². The summed E-state index contributed by atoms with van der Waals surface area (Å²) in [4.78, 5) is 19.4. The first-order valence-corrected chi connectivity index (χ1v) is 9.23. The number of pyridine rings is 1. The summed E-state index contributed by atoms with van der Waals surface area (Å²) in [5, 5.41) is 0. The SMILES string of the molecule is CC(C)(C)OC(=O)N1CCC2(CCN(c3ccncc3C(F)(F)F)CC2)C1. The lowest BCUT2D eigenvalue weighted by Crippen LogP contribution is -2.43. The van der Waals surface area contributed by atoms with Crippen molar-refractivity contribution >= 4 is 11.8 Å². The molecule has 3 rings (SSSR count). The van der Waals surface area contributed by atoms with Crippen LogP contribution in [-0.4, -0.2) is 47.8 Å². The minimum atomic E-state index is -4.42. The number of anilines is 1. The first-order valence-electron chi connectivity index (χ1n) is 9.23. The molecule has 150 valence electrons. The Morgan fingerprint density at radius 2 is 1.78 bits per heavy atom. The third-order valence-electron chi connectivity index (χ3n) is 5.36. The minimum Gasteiger partial charge on any atom is -0.444 e. The van der Waals surface area contributed by atoms with Crippen molar-refractivity contribution < 1.29 is 22.7 Å². The van der Waals surface area contributed by atoms with Crippen molar-refractivity contribution in [3.63, 3.8) is 0 Å². The molecular weight excluding hydrogens is 359 g/mol. The Balaban J connectivity index is 1.64. The quantitative estimate of drug-likeness (QED) is 0.722. The van der Waals surface area contributed by atoms with Gasteiger partial charge in [-0.25, -0.2) is 4.79 Å². The Bertz CT molecular complexity index is 692. The lowest BCUT2D eigenvalue weighted by molar-refractivity contribution is -0.137. The van der Waals surface area contributed by atoms with Gasteiger partial charge in [0.2, 0.25) is 0 Å². The molecule has 0 aliphatic carbocycles. The summed E-state index contributed by atoms with van der Waals surface area (Å²) in [6.45, 7) is 7.83. The van der Waals surface area contributed by atoms with Crippen molar-refractivity contribution in [3.05, 3.63) is 24.0 Å². The normalized spacial score (nSPS) is 20.2. The fraction of sp³-hybridized carbons (Fsp3) is 0.684. The zero-order valence-electron chi connectivity index (χ0n) is 16.0. The number of piperidine rings is 1. The number of hydrogen-bond acceptors (Lipinski definition) is 4. The zero-order valence-corrected chi connectivity index (χ0v) is 16.0. The maximum atomic E-state index is 13.2. The molecule has 0 bridgehead atoms. The van der Waals surface area contributed by atoms with Crippen LogP contribution in [0.3, 0.4) is 0 Å². The second-order valence-electron chi connectivity index (χ2n) is 8.53. The van der Waals surface area contributed by atoms with Crippen molar-refractivity contribution in [2.24, 2.45) is 5.41 Å². The molecule has 27 heavy (non-hydrogen) atoms. The molecule has 0 atom stereocenters. The highest BCUT2D eigenvalue weighted by atomic mass is 19.4. The Morgan fingerprint density at radius 1 is 1.15 bits per heavy atom. The van der Waals surface area contributed by atoms with Crippen molar-refractivity contribution in [2.45, 2.75) is 51.8 Å². The third kappa shape index (κ3) is 4.47. The van der Waals surface area contributed by atoms with Crippen molar-refractivity contribution in [3.8, 4) is 0 Å². The Kier molecular flexibility index (Phi) is 5.03. The average Bonchev–Trinajstić information content (AvgIpc) is 2.97. The molecule has 8 heteroatoms. The fourth-order valence-corrected chi connectivity index (χ4v) is 3.93. The van der Waals surface area contributed by atoms with Crippen LogP contribution in [0.25, 0.3) is 0 Å². The summed E-state index contributed by atoms with van der Waals surface area (Å²) in [5.74, 6) is 0. The summed E-state index contributed by atoms with van der Waals surface area (Å²) in [6, 6.07) is 1.43. The molecule has 1 spiro atoms. The molecule has 5 nitrogen and oxygen atoms in total. The molecule has 2 fully saturated rings. The van der Waals surface area contributed by atoms with Gasteiger partial charge in [0.25, 0.3) is 0 Å². The summed E-state index contributed by atoms with van der Waals surface area (Å²) in [6.07, 6.45) is -0.0656. The zero-order chi connectivity index (χ0) is 19.9. The molecule has 0 radical (unpaired) electrons. The predicted molar refractivity (Wildman–Crippen MR) is 95.5 cm³/mol. The maximum Gasteiger partial charge on any atom is 0.419 e. The number of carbonyl (C=O) groups is 1. The summed E-state index contributed by atoms with van der Waals surface area (Å²) >= 11 is 0. The summed E-state index contributed by atoms with van der Waals surface area (Å²) < 4.78 is 45.2. The molecule has 1 aromatic heterocycles. The molecule has 2 saturated heterocycles. The van der Waals surface area contributed by atoms with Crippen molar-refractivity contribution in [1.82, 2.24) is 9.88 Å². The van der Waals surface area contributed by atoms with E-state index in [0.717, 1.165) is 25.5 Å². The van der Waals surface area contributed by atoms with Gasteiger partial charge in [-0.05, 0) is 51.5 Å². The molecule has 0 saturated carbocycles. The number of halogens is 3. The Morgan fingerprint density at radius 3 is 2.37 bits per heavy atom. The van der Waals surface area contributed by atoms with Gasteiger partial charge >= 0.3 is 12.3 Å². The van der Waals surface area contributed by atoms with Crippen molar-refractivity contribution in [1.29, 1.82) is 0 Å². The van der Waals surface area contributed by atoms with E-state index >= 15 is 0 Å². The first kappa shape index (κ1) is 19.8. The highest BCUT2D eigenvalue weighted by molar-refractivity contribution is 5.68. The van der Waals surface area contributed by atoms with Crippen LogP contribution < -0.4 is 4.90 Å². The standard InChI is InChI=1S/C19H26F3N3O2/c1-17(2,3)27-16(26)25-11-7-18(13-25)5-9-24(10-6-18)15-4-8-23-12-14(15)19(20,21)22/h4,8,12H,5-7,9-11,13H2,1-3H3. The van der Waals surface area contributed by atoms with E-state index in [1.165, 1.54) is 12.3 Å². The van der Waals surface area contributed by atoms with Gasteiger partial charge < -0.3 is 14.5 Å². The molecule has 0 aromatic carbocycles. The van der Waals surface area contributed by atoms with E-state index in [1.54, 1.807) is 9.80 Å². The number of ether oxygens (including phenoxy) is 1. The van der Waals surface area contributed by atoms with E-state index in [2.05, 4.69) is 4.98 Å². The van der Waals surface area contributed by atoms with Gasteiger partial charge in [0.1, 0.15) is 5.60 Å². The van der Waals surface area contributed by atoms with Gasteiger partial charge in [-0.2, -0.15) is 13.2 Å². The van der Waals surface area contributed by atoms with E-state index in [-0.39, 0.29) is 17.2 Å². The average molecular weight is 385 g/mol. The number of rotatable bonds is 1. The summed E-state index contributed by atoms with van der Waals surface area (Å²) in [7, 11) is 0. The van der Waals surface area contributed by atoms with Crippen LogP contribution >= 0.6 is 0 Å². The highest BCUT2D eigenvalue weighted by Gasteiger charge is 2.44. The van der Waals surface area contributed by atoms with Crippen LogP contribution in [0.5, 0.6) is 0 Å². The maximum absolute atomic E-state index is 13.2. The topological polar surface area (TPSA) is 45.7 Å². The Hall–Kier alpha value is -1.99. The number of amides is 1. The van der Waals surface area contributed by atoms with E-state index in [1.807, 2.05) is 20.8 Å². The molecular formula is C19H26F3N3O2. The molecule has 3 heterocycles. The molecule has 2 aliphatic heterocycles. The molecule has 1 amide bonds. The number of nitrogens with zero attached hydrogens (tertiary/aromatic N) is 3. The number of hydrogen-bond donors (Lipinski definition) is 0. The number of aromatic nitrogens is 1. The largest absolute Gasteiger partial charge is 0.444 e. The Labute approximate surface area is 157 Å². The van der Waals surface area contributed by atoms with Crippen LogP contribution in [0.4, 0.5) is 23.7 Å². The van der Waals surface area contributed by atoms with E-state index < -0.39 is 17.3 Å². The highest BCUT2D eigenvalue weighted by Crippen LogP contribution is 2.43. The first-order chi connectivity index (χ1) is 12.5. The lowest BCUT2D eigenvalue weighted by Gasteiger charge is -2.41. The van der Waals surface area contributed by atoms with Crippen LogP contribution in [0.1, 0.15) is 45.6 Å². The van der Waals surface area contributed by atoms with E-state index in [9.17, 15) is 18.0 Å². The predicted octanol–water partition coefficient (Wildman–Crippen LogP) is 4.33. The van der Waals surface area contributed by atoms with Gasteiger partial charge in [-0.15, -0.1) is 0 Å². The smallest absolute Gasteiger partial charge is 0.419 e. The van der Waals surface area contributed by atoms with Crippen LogP contribution in [0, 0.1) is 5.41 Å². The second kappa shape index (κ2) is 6.87. The van der Waals surface area contributed by atoms with Gasteiger partial charge in [0.05, 0.1) is 11.3 Å². The molecule has 0 N–H and O–H groups in total. The third-order valence-corrected chi connectivity index (χ3v) is 5.36. The number of carbonyl (C=O) groups excluding carboxylic acids is 1. The van der Waals surface area contributed by atoms with E-state index in [4.69, 9.17) is 4.74 Å². The molecule has 0 unspecified atom stereocenters. The van der Waals surface area contributed by atoms with Crippen molar-refractivity contribution in [2.75, 3.05) is 31.1 Å². The van der Waals surface area contributed by atoms with Crippen LogP contribution in [-0.2, 0) is 10.9 Å². The van der Waals surface area contributed by atoms with Gasteiger partial charge in [-0.1, -0.05) is 0 Å². The second-order valence-corrected chi connectivity index (χ2v) is 8.53. The number of likely N-dealkylation sites (tertiary alicyclic amines) is 1. The molecule has 1 aromatic rings. The van der Waals surface area contributed by atoms with Gasteiger partial charge in [0, 0.05) is 38.6 Å². The molecule has 2 aliphatic rings. The minimum absolute atomic E-state index is 0.0289. The monoisotopic (exact) mass is 385 g/mol. The number of alkyl halides is 3. The van der Waals surface area contributed by atoms with Crippen LogP contribution in [0.2, 0.25) is 0 Å². The van der Waals surface area contributed by atoms with E-state index in [0.29, 0.717) is 26.2 Å². The summed E-state index contributed by atoms with van der Waals surface area (Å²) in [5.41, 5.74) is -1.07.